The van der Waals surface area contributed by atoms with Crippen molar-refractivity contribution in [2.24, 2.45) is 0 Å². The van der Waals surface area contributed by atoms with E-state index in [2.05, 4.69) is 0 Å². The average Bonchev–Trinajstić information content (AvgIpc) is 2.63. The van der Waals surface area contributed by atoms with Crippen molar-refractivity contribution in [1.82, 2.24) is 4.90 Å². The van der Waals surface area contributed by atoms with Crippen LogP contribution in [0.5, 0.6) is 5.75 Å². The third kappa shape index (κ3) is 4.13. The fraction of sp³-hybridized carbons (Fsp3) is 0.316. The Morgan fingerprint density at radius 2 is 1.75 bits per heavy atom. The molecule has 1 aliphatic rings. The number of morpholine rings is 1. The molecule has 0 aliphatic carbocycles. The van der Waals surface area contributed by atoms with Crippen LogP contribution in [-0.2, 0) is 16.1 Å². The van der Waals surface area contributed by atoms with Crippen LogP contribution >= 0.6 is 0 Å². The molecule has 0 amide bonds. The highest BCUT2D eigenvalue weighted by Crippen LogP contribution is 2.24. The summed E-state index contributed by atoms with van der Waals surface area (Å²) in [6, 6.07) is 16.6. The van der Waals surface area contributed by atoms with Crippen molar-refractivity contribution in [3.63, 3.8) is 0 Å². The van der Waals surface area contributed by atoms with Gasteiger partial charge in [0, 0.05) is 13.1 Å². The third-order valence-corrected chi connectivity index (χ3v) is 4.09. The smallest absolute Gasteiger partial charge is 0.325 e. The molecule has 5 nitrogen and oxygen atoms in total. The van der Waals surface area contributed by atoms with Crippen molar-refractivity contribution in [1.29, 1.82) is 0 Å². The molecule has 0 bridgehead atoms. The molecule has 2 aromatic rings. The molecule has 1 atom stereocenters. The van der Waals surface area contributed by atoms with Crippen LogP contribution in [0.15, 0.2) is 54.6 Å². The summed E-state index contributed by atoms with van der Waals surface area (Å²) in [6.07, 6.45) is 0. The van der Waals surface area contributed by atoms with Crippen LogP contribution in [0.3, 0.4) is 0 Å². The number of benzene rings is 2. The summed E-state index contributed by atoms with van der Waals surface area (Å²) < 4.78 is 11.1. The Balaban J connectivity index is 1.66. The lowest BCUT2D eigenvalue weighted by atomic mass is 10.0. The van der Waals surface area contributed by atoms with Gasteiger partial charge in [0.25, 0.3) is 0 Å². The number of aliphatic carboxylic acids is 1. The lowest BCUT2D eigenvalue weighted by Crippen LogP contribution is -2.42. The van der Waals surface area contributed by atoms with Gasteiger partial charge in [-0.2, -0.15) is 0 Å². The Labute approximate surface area is 141 Å². The van der Waals surface area contributed by atoms with E-state index in [9.17, 15) is 9.90 Å². The van der Waals surface area contributed by atoms with Crippen LogP contribution in [0.2, 0.25) is 0 Å². The van der Waals surface area contributed by atoms with Crippen LogP contribution < -0.4 is 4.74 Å². The van der Waals surface area contributed by atoms with Crippen molar-refractivity contribution in [2.45, 2.75) is 12.6 Å². The van der Waals surface area contributed by atoms with Gasteiger partial charge in [-0.25, -0.2) is 0 Å². The summed E-state index contributed by atoms with van der Waals surface area (Å²) >= 11 is 0. The summed E-state index contributed by atoms with van der Waals surface area (Å²) in [5.74, 6) is -0.108. The van der Waals surface area contributed by atoms with Gasteiger partial charge in [-0.3, -0.25) is 9.69 Å². The number of ether oxygens (including phenoxy) is 2. The number of nitrogens with zero attached hydrogens (tertiary/aromatic N) is 1. The molecule has 126 valence electrons. The van der Waals surface area contributed by atoms with Gasteiger partial charge in [0.1, 0.15) is 18.4 Å². The van der Waals surface area contributed by atoms with Crippen molar-refractivity contribution in [2.75, 3.05) is 26.3 Å². The molecule has 1 N–H and O–H groups in total. The lowest BCUT2D eigenvalue weighted by molar-refractivity contribution is -0.145. The largest absolute Gasteiger partial charge is 0.489 e. The summed E-state index contributed by atoms with van der Waals surface area (Å²) in [4.78, 5) is 13.6. The number of carboxylic acid groups (broad SMARTS) is 1. The number of hydrogen-bond acceptors (Lipinski definition) is 4. The summed E-state index contributed by atoms with van der Waals surface area (Å²) in [7, 11) is 0. The Kier molecular flexibility index (Phi) is 5.46. The summed E-state index contributed by atoms with van der Waals surface area (Å²) in [5.41, 5.74) is 1.86. The zero-order valence-electron chi connectivity index (χ0n) is 13.4. The Morgan fingerprint density at radius 3 is 2.38 bits per heavy atom. The van der Waals surface area contributed by atoms with Gasteiger partial charge in [0.05, 0.1) is 13.2 Å². The quantitative estimate of drug-likeness (QED) is 0.884. The second kappa shape index (κ2) is 7.95. The molecule has 0 spiro atoms. The minimum Gasteiger partial charge on any atom is -0.489 e. The molecule has 1 saturated heterocycles. The van der Waals surface area contributed by atoms with Gasteiger partial charge in [0.15, 0.2) is 0 Å². The Bertz CT molecular complexity index is 651. The molecule has 1 aliphatic heterocycles. The number of hydrogen-bond donors (Lipinski definition) is 1. The lowest BCUT2D eigenvalue weighted by Gasteiger charge is -2.32. The topological polar surface area (TPSA) is 59.0 Å². The first-order valence-electron chi connectivity index (χ1n) is 8.05. The zero-order valence-corrected chi connectivity index (χ0v) is 13.4. The van der Waals surface area contributed by atoms with Crippen molar-refractivity contribution < 1.29 is 19.4 Å². The molecule has 24 heavy (non-hydrogen) atoms. The van der Waals surface area contributed by atoms with Gasteiger partial charge >= 0.3 is 5.97 Å². The first-order valence-corrected chi connectivity index (χ1v) is 8.05. The second-order valence-corrected chi connectivity index (χ2v) is 5.73. The van der Waals surface area contributed by atoms with E-state index in [0.717, 1.165) is 16.9 Å². The first-order chi connectivity index (χ1) is 11.7. The highest BCUT2D eigenvalue weighted by Gasteiger charge is 2.28. The van der Waals surface area contributed by atoms with Crippen molar-refractivity contribution in [3.05, 3.63) is 65.7 Å². The number of carboxylic acids is 1. The van der Waals surface area contributed by atoms with Crippen molar-refractivity contribution in [3.8, 4) is 5.75 Å². The monoisotopic (exact) mass is 327 g/mol. The summed E-state index contributed by atoms with van der Waals surface area (Å²) in [6.45, 7) is 2.89. The van der Waals surface area contributed by atoms with Crippen LogP contribution in [0.1, 0.15) is 17.2 Å². The molecular formula is C19H21NO4. The molecule has 0 unspecified atom stereocenters. The molecule has 1 heterocycles. The van der Waals surface area contributed by atoms with Crippen LogP contribution in [0.4, 0.5) is 0 Å². The van der Waals surface area contributed by atoms with E-state index in [0.29, 0.717) is 32.9 Å². The molecule has 0 radical (unpaired) electrons. The third-order valence-electron chi connectivity index (χ3n) is 4.09. The fourth-order valence-corrected chi connectivity index (χ4v) is 2.83. The maximum absolute atomic E-state index is 11.7. The molecule has 3 rings (SSSR count). The molecule has 0 aromatic heterocycles. The molecule has 2 aromatic carbocycles. The molecule has 5 heteroatoms. The zero-order chi connectivity index (χ0) is 16.8. The van der Waals surface area contributed by atoms with E-state index in [-0.39, 0.29) is 0 Å². The van der Waals surface area contributed by atoms with Crippen LogP contribution in [0.25, 0.3) is 0 Å². The SMILES string of the molecule is O=C(O)[C@@H](c1ccc(OCc2ccccc2)cc1)N1CCOCC1. The normalized spacial score (nSPS) is 16.5. The minimum absolute atomic E-state index is 0.492. The van der Waals surface area contributed by atoms with E-state index >= 15 is 0 Å². The predicted molar refractivity (Wildman–Crippen MR) is 90.0 cm³/mol. The molecule has 0 saturated carbocycles. The van der Waals surface area contributed by atoms with E-state index in [1.165, 1.54) is 0 Å². The Morgan fingerprint density at radius 1 is 1.08 bits per heavy atom. The highest BCUT2D eigenvalue weighted by molar-refractivity contribution is 5.75. The summed E-state index contributed by atoms with van der Waals surface area (Å²) in [5, 5.41) is 9.59. The van der Waals surface area contributed by atoms with Crippen molar-refractivity contribution >= 4 is 5.97 Å². The molecule has 1 fully saturated rings. The standard InChI is InChI=1S/C19H21NO4/c21-19(22)18(20-10-12-23-13-11-20)16-6-8-17(9-7-16)24-14-15-4-2-1-3-5-15/h1-9,18H,10-14H2,(H,21,22)/t18-/m1/s1. The maximum Gasteiger partial charge on any atom is 0.325 e. The van der Waals surface area contributed by atoms with Crippen LogP contribution in [0, 0.1) is 0 Å². The van der Waals surface area contributed by atoms with Gasteiger partial charge in [-0.15, -0.1) is 0 Å². The average molecular weight is 327 g/mol. The van der Waals surface area contributed by atoms with E-state index in [4.69, 9.17) is 9.47 Å². The Hall–Kier alpha value is -2.37. The van der Waals surface area contributed by atoms with Gasteiger partial charge < -0.3 is 14.6 Å². The van der Waals surface area contributed by atoms with E-state index in [1.807, 2.05) is 59.5 Å². The maximum atomic E-state index is 11.7. The van der Waals surface area contributed by atoms with Gasteiger partial charge in [-0.1, -0.05) is 42.5 Å². The van der Waals surface area contributed by atoms with Gasteiger partial charge in [0.2, 0.25) is 0 Å². The number of rotatable bonds is 6. The minimum atomic E-state index is -0.838. The van der Waals surface area contributed by atoms with Crippen LogP contribution in [-0.4, -0.2) is 42.3 Å². The second-order valence-electron chi connectivity index (χ2n) is 5.73. The van der Waals surface area contributed by atoms with E-state index in [1.54, 1.807) is 0 Å². The molecular weight excluding hydrogens is 306 g/mol. The van der Waals surface area contributed by atoms with E-state index < -0.39 is 12.0 Å². The first kappa shape index (κ1) is 16.5. The highest BCUT2D eigenvalue weighted by atomic mass is 16.5. The predicted octanol–water partition coefficient (Wildman–Crippen LogP) is 2.72. The van der Waals surface area contributed by atoms with Gasteiger partial charge in [-0.05, 0) is 23.3 Å². The number of carbonyl (C=O) groups is 1. The fourth-order valence-electron chi connectivity index (χ4n) is 2.83.